The van der Waals surface area contributed by atoms with Crippen LogP contribution in [-0.4, -0.2) is 43.0 Å². The lowest BCUT2D eigenvalue weighted by atomic mass is 9.81. The molecule has 1 aromatic heterocycles. The molecule has 0 spiro atoms. The van der Waals surface area contributed by atoms with E-state index in [-0.39, 0.29) is 23.9 Å². The van der Waals surface area contributed by atoms with Gasteiger partial charge in [0.1, 0.15) is 0 Å². The van der Waals surface area contributed by atoms with Crippen molar-refractivity contribution in [3.63, 3.8) is 0 Å². The summed E-state index contributed by atoms with van der Waals surface area (Å²) >= 11 is 1.57. The number of benzene rings is 1. The van der Waals surface area contributed by atoms with Gasteiger partial charge in [0.05, 0.1) is 18.6 Å². The van der Waals surface area contributed by atoms with Gasteiger partial charge in [0.25, 0.3) is 5.91 Å². The van der Waals surface area contributed by atoms with Gasteiger partial charge in [-0.15, -0.1) is 11.3 Å². The Hall–Kier alpha value is -2.18. The van der Waals surface area contributed by atoms with Crippen LogP contribution in [0.1, 0.15) is 53.0 Å². The van der Waals surface area contributed by atoms with E-state index in [1.165, 1.54) is 0 Å². The molecule has 1 aliphatic rings. The third-order valence-electron chi connectivity index (χ3n) is 5.09. The van der Waals surface area contributed by atoms with Gasteiger partial charge in [-0.05, 0) is 36.4 Å². The van der Waals surface area contributed by atoms with Crippen LogP contribution in [0.15, 0.2) is 41.8 Å². The van der Waals surface area contributed by atoms with E-state index in [9.17, 15) is 9.59 Å². The van der Waals surface area contributed by atoms with Crippen LogP contribution >= 0.6 is 11.3 Å². The summed E-state index contributed by atoms with van der Waals surface area (Å²) < 4.78 is 5.23. The van der Waals surface area contributed by atoms with Crippen molar-refractivity contribution in [2.75, 3.05) is 20.3 Å². The number of rotatable bonds is 7. The van der Waals surface area contributed by atoms with Gasteiger partial charge in [-0.1, -0.05) is 31.2 Å². The van der Waals surface area contributed by atoms with Crippen LogP contribution in [0.4, 0.5) is 0 Å². The van der Waals surface area contributed by atoms with Crippen molar-refractivity contribution in [1.29, 1.82) is 0 Å². The van der Waals surface area contributed by atoms with Gasteiger partial charge < -0.3 is 15.0 Å². The normalized spacial score (nSPS) is 20.3. The molecule has 6 heteroatoms. The van der Waals surface area contributed by atoms with Crippen molar-refractivity contribution >= 4 is 23.2 Å². The summed E-state index contributed by atoms with van der Waals surface area (Å²) in [6.45, 7) is 4.92. The molecule has 3 atom stereocenters. The molecule has 1 aliphatic heterocycles. The van der Waals surface area contributed by atoms with E-state index in [0.717, 1.165) is 16.9 Å². The van der Waals surface area contributed by atoms with E-state index < -0.39 is 5.92 Å². The first-order chi connectivity index (χ1) is 13.1. The number of hydrogen-bond donors (Lipinski definition) is 1. The topological polar surface area (TPSA) is 58.6 Å². The van der Waals surface area contributed by atoms with Crippen molar-refractivity contribution < 1.29 is 14.3 Å². The Bertz CT molecular complexity index is 790. The fourth-order valence-electron chi connectivity index (χ4n) is 3.52. The highest BCUT2D eigenvalue weighted by Crippen LogP contribution is 2.44. The Balaban J connectivity index is 2.10. The largest absolute Gasteiger partial charge is 0.383 e. The SMILES string of the molecule is CC[C@H](C)NC(=O)[C@H]1c2ccccc2C(=O)N(CCOC)[C@H]1c1cccs1. The summed E-state index contributed by atoms with van der Waals surface area (Å²) in [5, 5.41) is 5.10. The van der Waals surface area contributed by atoms with E-state index >= 15 is 0 Å². The minimum atomic E-state index is -0.441. The third kappa shape index (κ3) is 3.92. The van der Waals surface area contributed by atoms with E-state index in [0.29, 0.717) is 18.7 Å². The van der Waals surface area contributed by atoms with Crippen LogP contribution in [0.25, 0.3) is 0 Å². The Morgan fingerprint density at radius 1 is 1.30 bits per heavy atom. The monoisotopic (exact) mass is 386 g/mol. The minimum absolute atomic E-state index is 0.0369. The van der Waals surface area contributed by atoms with Crippen molar-refractivity contribution in [3.05, 3.63) is 57.8 Å². The molecule has 0 radical (unpaired) electrons. The van der Waals surface area contributed by atoms with Crippen LogP contribution in [-0.2, 0) is 9.53 Å². The summed E-state index contributed by atoms with van der Waals surface area (Å²) in [5.74, 6) is -0.526. The van der Waals surface area contributed by atoms with Crippen LogP contribution in [0.3, 0.4) is 0 Å². The zero-order valence-electron chi connectivity index (χ0n) is 16.0. The highest BCUT2D eigenvalue weighted by atomic mass is 32.1. The van der Waals surface area contributed by atoms with Crippen molar-refractivity contribution in [3.8, 4) is 0 Å². The lowest BCUT2D eigenvalue weighted by Gasteiger charge is -2.41. The van der Waals surface area contributed by atoms with Gasteiger partial charge in [0.2, 0.25) is 5.91 Å². The standard InChI is InChI=1S/C21H26N2O3S/c1-4-14(2)22-20(24)18-15-8-5-6-9-16(15)21(25)23(11-12-26-3)19(18)17-10-7-13-27-17/h5-10,13-14,18-19H,4,11-12H2,1-3H3,(H,22,24)/t14-,18-,19-/m0/s1. The second-order valence-electron chi connectivity index (χ2n) is 6.83. The van der Waals surface area contributed by atoms with Gasteiger partial charge in [-0.25, -0.2) is 0 Å². The first kappa shape index (κ1) is 19.6. The van der Waals surface area contributed by atoms with Gasteiger partial charge in [0.15, 0.2) is 0 Å². The fourth-order valence-corrected chi connectivity index (χ4v) is 4.40. The number of fused-ring (bicyclic) bond motifs is 1. The molecule has 0 saturated carbocycles. The smallest absolute Gasteiger partial charge is 0.254 e. The van der Waals surface area contributed by atoms with Gasteiger partial charge >= 0.3 is 0 Å². The third-order valence-corrected chi connectivity index (χ3v) is 6.04. The lowest BCUT2D eigenvalue weighted by molar-refractivity contribution is -0.124. The molecule has 2 heterocycles. The number of methoxy groups -OCH3 is 1. The number of carbonyl (C=O) groups excluding carboxylic acids is 2. The highest BCUT2D eigenvalue weighted by molar-refractivity contribution is 7.10. The first-order valence-electron chi connectivity index (χ1n) is 9.31. The summed E-state index contributed by atoms with van der Waals surface area (Å²) in [7, 11) is 1.62. The van der Waals surface area contributed by atoms with E-state index in [1.54, 1.807) is 23.3 Å². The molecule has 3 rings (SSSR count). The van der Waals surface area contributed by atoms with E-state index in [1.807, 2.05) is 55.6 Å². The molecule has 2 amide bonds. The maximum absolute atomic E-state index is 13.3. The molecule has 0 unspecified atom stereocenters. The Kier molecular flexibility index (Phi) is 6.29. The minimum Gasteiger partial charge on any atom is -0.383 e. The lowest BCUT2D eigenvalue weighted by Crippen LogP contribution is -2.49. The second kappa shape index (κ2) is 8.67. The molecule has 0 bridgehead atoms. The van der Waals surface area contributed by atoms with Gasteiger partial charge in [-0.3, -0.25) is 9.59 Å². The molecule has 144 valence electrons. The average molecular weight is 387 g/mol. The molecule has 1 aromatic carbocycles. The summed E-state index contributed by atoms with van der Waals surface area (Å²) in [4.78, 5) is 29.3. The number of carbonyl (C=O) groups is 2. The molecule has 0 aliphatic carbocycles. The molecular formula is C21H26N2O3S. The fraction of sp³-hybridized carbons (Fsp3) is 0.429. The molecular weight excluding hydrogens is 360 g/mol. The number of ether oxygens (including phenoxy) is 1. The van der Waals surface area contributed by atoms with Crippen molar-refractivity contribution in [1.82, 2.24) is 10.2 Å². The van der Waals surface area contributed by atoms with Gasteiger partial charge in [-0.2, -0.15) is 0 Å². The molecule has 27 heavy (non-hydrogen) atoms. The number of nitrogens with one attached hydrogen (secondary N) is 1. The predicted molar refractivity (Wildman–Crippen MR) is 107 cm³/mol. The molecule has 0 fully saturated rings. The second-order valence-corrected chi connectivity index (χ2v) is 7.81. The van der Waals surface area contributed by atoms with Crippen molar-refractivity contribution in [2.45, 2.75) is 38.3 Å². The Labute approximate surface area is 164 Å². The zero-order valence-corrected chi connectivity index (χ0v) is 16.8. The molecule has 0 saturated heterocycles. The number of hydrogen-bond acceptors (Lipinski definition) is 4. The summed E-state index contributed by atoms with van der Waals surface area (Å²) in [6, 6.07) is 11.2. The highest BCUT2D eigenvalue weighted by Gasteiger charge is 2.44. The van der Waals surface area contributed by atoms with E-state index in [4.69, 9.17) is 4.74 Å². The van der Waals surface area contributed by atoms with E-state index in [2.05, 4.69) is 5.32 Å². The van der Waals surface area contributed by atoms with Crippen LogP contribution in [0, 0.1) is 0 Å². The number of thiophene rings is 1. The quantitative estimate of drug-likeness (QED) is 0.791. The van der Waals surface area contributed by atoms with Crippen LogP contribution in [0.5, 0.6) is 0 Å². The zero-order chi connectivity index (χ0) is 19.4. The molecule has 2 aromatic rings. The summed E-state index contributed by atoms with van der Waals surface area (Å²) in [6.07, 6.45) is 0.857. The first-order valence-corrected chi connectivity index (χ1v) is 10.2. The Morgan fingerprint density at radius 3 is 2.74 bits per heavy atom. The summed E-state index contributed by atoms with van der Waals surface area (Å²) in [5.41, 5.74) is 1.40. The number of amides is 2. The maximum atomic E-state index is 13.3. The van der Waals surface area contributed by atoms with Gasteiger partial charge in [0, 0.05) is 30.1 Å². The van der Waals surface area contributed by atoms with Crippen molar-refractivity contribution in [2.24, 2.45) is 0 Å². The predicted octanol–water partition coefficient (Wildman–Crippen LogP) is 3.59. The molecule has 5 nitrogen and oxygen atoms in total. The maximum Gasteiger partial charge on any atom is 0.254 e. The van der Waals surface area contributed by atoms with Crippen LogP contribution < -0.4 is 5.32 Å². The molecule has 1 N–H and O–H groups in total. The number of nitrogens with zero attached hydrogens (tertiary/aromatic N) is 1. The van der Waals surface area contributed by atoms with Crippen LogP contribution in [0.2, 0.25) is 0 Å². The average Bonchev–Trinajstić information content (AvgIpc) is 3.21. The Morgan fingerprint density at radius 2 is 2.07 bits per heavy atom.